The molecule has 0 aromatic carbocycles. The molecular weight excluding hydrogens is 316 g/mol. The zero-order chi connectivity index (χ0) is 17.9. The number of hydrogen-bond acceptors (Lipinski definition) is 3. The standard InChI is InChI=1S/C21H30O4/c22-19-14-16-12-15(6-2-3-7-20(23)24)13-18(16)17(19)8-11-21(25)9-4-1-5-10-21/h6,16-19,22,25H,1-5,7,9-10,12-14H2,(H,23,24)/b15-6+/t16-,17-,18+,19-/m1/s1. The molecule has 0 aliphatic heterocycles. The fourth-order valence-electron chi connectivity index (χ4n) is 4.87. The summed E-state index contributed by atoms with van der Waals surface area (Å²) in [5.74, 6) is 6.50. The van der Waals surface area contributed by atoms with Gasteiger partial charge < -0.3 is 15.3 Å². The molecule has 0 bridgehead atoms. The van der Waals surface area contributed by atoms with E-state index < -0.39 is 11.6 Å². The molecule has 3 aliphatic carbocycles. The van der Waals surface area contributed by atoms with Crippen molar-refractivity contribution in [3.63, 3.8) is 0 Å². The molecule has 3 aliphatic rings. The van der Waals surface area contributed by atoms with Crippen LogP contribution in [0.3, 0.4) is 0 Å². The number of aliphatic hydroxyl groups is 2. The summed E-state index contributed by atoms with van der Waals surface area (Å²) in [6.45, 7) is 0. The van der Waals surface area contributed by atoms with Gasteiger partial charge in [0.1, 0.15) is 5.60 Å². The highest BCUT2D eigenvalue weighted by Crippen LogP contribution is 2.50. The molecule has 0 radical (unpaired) electrons. The van der Waals surface area contributed by atoms with Crippen LogP contribution in [0.25, 0.3) is 0 Å². The predicted octanol–water partition coefficient (Wildman–Crippen LogP) is 3.27. The van der Waals surface area contributed by atoms with Gasteiger partial charge in [0.25, 0.3) is 0 Å². The molecule has 25 heavy (non-hydrogen) atoms. The smallest absolute Gasteiger partial charge is 0.303 e. The van der Waals surface area contributed by atoms with Crippen LogP contribution >= 0.6 is 0 Å². The van der Waals surface area contributed by atoms with E-state index in [1.807, 2.05) is 0 Å². The number of carboxylic acid groups (broad SMARTS) is 1. The molecule has 4 atom stereocenters. The van der Waals surface area contributed by atoms with Crippen molar-refractivity contribution in [3.8, 4) is 11.8 Å². The Labute approximate surface area is 150 Å². The van der Waals surface area contributed by atoms with Crippen molar-refractivity contribution in [2.75, 3.05) is 0 Å². The van der Waals surface area contributed by atoms with Crippen LogP contribution in [0, 0.1) is 29.6 Å². The minimum Gasteiger partial charge on any atom is -0.481 e. The number of rotatable bonds is 4. The maximum Gasteiger partial charge on any atom is 0.303 e. The van der Waals surface area contributed by atoms with Gasteiger partial charge in [0.15, 0.2) is 0 Å². The third kappa shape index (κ3) is 4.65. The second-order valence-electron chi connectivity index (χ2n) is 8.17. The van der Waals surface area contributed by atoms with Crippen LogP contribution in [-0.2, 0) is 4.79 Å². The van der Waals surface area contributed by atoms with E-state index in [0.717, 1.165) is 51.4 Å². The Morgan fingerprint density at radius 2 is 2.00 bits per heavy atom. The average Bonchev–Trinajstić information content (AvgIpc) is 3.07. The molecule has 3 N–H and O–H groups in total. The molecule has 4 heteroatoms. The Morgan fingerprint density at radius 3 is 2.72 bits per heavy atom. The molecule has 0 heterocycles. The van der Waals surface area contributed by atoms with Gasteiger partial charge >= 0.3 is 5.97 Å². The highest BCUT2D eigenvalue weighted by atomic mass is 16.4. The van der Waals surface area contributed by atoms with Crippen LogP contribution in [0.5, 0.6) is 0 Å². The quantitative estimate of drug-likeness (QED) is 0.415. The lowest BCUT2D eigenvalue weighted by Gasteiger charge is -2.27. The van der Waals surface area contributed by atoms with Crippen molar-refractivity contribution in [2.45, 2.75) is 82.3 Å². The molecule has 0 spiro atoms. The molecule has 3 saturated carbocycles. The van der Waals surface area contributed by atoms with Crippen molar-refractivity contribution in [3.05, 3.63) is 11.6 Å². The summed E-state index contributed by atoms with van der Waals surface area (Å²) in [5.41, 5.74) is 0.555. The van der Waals surface area contributed by atoms with E-state index in [1.54, 1.807) is 0 Å². The zero-order valence-corrected chi connectivity index (χ0v) is 14.9. The number of carbonyl (C=O) groups is 1. The molecular formula is C21H30O4. The summed E-state index contributed by atoms with van der Waals surface area (Å²) in [7, 11) is 0. The van der Waals surface area contributed by atoms with Crippen LogP contribution in [-0.4, -0.2) is 33.0 Å². The fourth-order valence-corrected chi connectivity index (χ4v) is 4.87. The zero-order valence-electron chi connectivity index (χ0n) is 14.9. The first-order valence-corrected chi connectivity index (χ1v) is 9.80. The summed E-state index contributed by atoms with van der Waals surface area (Å²) in [6.07, 6.45) is 11.1. The Balaban J connectivity index is 1.59. The number of allylic oxidation sites excluding steroid dienone is 2. The van der Waals surface area contributed by atoms with Crippen molar-refractivity contribution < 1.29 is 20.1 Å². The van der Waals surface area contributed by atoms with E-state index in [4.69, 9.17) is 5.11 Å². The Kier molecular flexibility index (Phi) is 5.86. The highest BCUT2D eigenvalue weighted by molar-refractivity contribution is 5.66. The topological polar surface area (TPSA) is 77.8 Å². The van der Waals surface area contributed by atoms with Crippen LogP contribution < -0.4 is 0 Å². The van der Waals surface area contributed by atoms with Gasteiger partial charge in [0, 0.05) is 12.3 Å². The lowest BCUT2D eigenvalue weighted by Crippen LogP contribution is -2.30. The Morgan fingerprint density at radius 1 is 1.24 bits per heavy atom. The monoisotopic (exact) mass is 346 g/mol. The molecule has 0 amide bonds. The van der Waals surface area contributed by atoms with E-state index in [0.29, 0.717) is 18.3 Å². The SMILES string of the molecule is O=C(O)CCC/C=C1\C[C@@H]2C[C@@H](O)[C@H](C#CC3(O)CCCCC3)[C@H]2C1. The number of carboxylic acids is 1. The van der Waals surface area contributed by atoms with Crippen molar-refractivity contribution in [1.82, 2.24) is 0 Å². The number of unbranched alkanes of at least 4 members (excludes halogenated alkanes) is 1. The Hall–Kier alpha value is -1.31. The summed E-state index contributed by atoms with van der Waals surface area (Å²) in [4.78, 5) is 10.6. The first kappa shape index (κ1) is 18.5. The van der Waals surface area contributed by atoms with Crippen LogP contribution in [0.15, 0.2) is 11.6 Å². The first-order valence-electron chi connectivity index (χ1n) is 9.80. The average molecular weight is 346 g/mol. The molecule has 138 valence electrons. The van der Waals surface area contributed by atoms with Crippen molar-refractivity contribution >= 4 is 5.97 Å². The van der Waals surface area contributed by atoms with Crippen LogP contribution in [0.4, 0.5) is 0 Å². The molecule has 4 nitrogen and oxygen atoms in total. The summed E-state index contributed by atoms with van der Waals surface area (Å²) in [6, 6.07) is 0. The van der Waals surface area contributed by atoms with E-state index in [9.17, 15) is 15.0 Å². The van der Waals surface area contributed by atoms with Crippen molar-refractivity contribution in [1.29, 1.82) is 0 Å². The van der Waals surface area contributed by atoms with Crippen molar-refractivity contribution in [2.24, 2.45) is 17.8 Å². The fraction of sp³-hybridized carbons (Fsp3) is 0.762. The second kappa shape index (κ2) is 7.93. The molecule has 0 unspecified atom stereocenters. The molecule has 0 saturated heterocycles. The Bertz CT molecular complexity index is 576. The first-order chi connectivity index (χ1) is 12.0. The lowest BCUT2D eigenvalue weighted by atomic mass is 9.84. The van der Waals surface area contributed by atoms with E-state index in [2.05, 4.69) is 17.9 Å². The van der Waals surface area contributed by atoms with Gasteiger partial charge in [-0.2, -0.15) is 0 Å². The van der Waals surface area contributed by atoms with Gasteiger partial charge in [0.05, 0.1) is 6.10 Å². The number of aliphatic hydroxyl groups excluding tert-OH is 1. The number of hydrogen-bond donors (Lipinski definition) is 3. The number of aliphatic carboxylic acids is 1. The van der Waals surface area contributed by atoms with Gasteiger partial charge in [-0.3, -0.25) is 4.79 Å². The number of fused-ring (bicyclic) bond motifs is 1. The maximum atomic E-state index is 10.6. The lowest BCUT2D eigenvalue weighted by molar-refractivity contribution is -0.137. The van der Waals surface area contributed by atoms with Gasteiger partial charge in [-0.1, -0.05) is 29.9 Å². The molecule has 3 fully saturated rings. The largest absolute Gasteiger partial charge is 0.481 e. The predicted molar refractivity (Wildman–Crippen MR) is 95.7 cm³/mol. The maximum absolute atomic E-state index is 10.6. The van der Waals surface area contributed by atoms with Gasteiger partial charge in [-0.15, -0.1) is 0 Å². The normalized spacial score (nSPS) is 35.2. The van der Waals surface area contributed by atoms with E-state index in [1.165, 1.54) is 12.0 Å². The minimum atomic E-state index is -0.843. The third-order valence-electron chi connectivity index (χ3n) is 6.23. The highest BCUT2D eigenvalue weighted by Gasteiger charge is 2.45. The van der Waals surface area contributed by atoms with Gasteiger partial charge in [-0.05, 0) is 69.6 Å². The molecule has 0 aromatic heterocycles. The van der Waals surface area contributed by atoms with Gasteiger partial charge in [0.2, 0.25) is 0 Å². The van der Waals surface area contributed by atoms with Crippen LogP contribution in [0.1, 0.15) is 70.6 Å². The second-order valence-corrected chi connectivity index (χ2v) is 8.17. The summed E-state index contributed by atoms with van der Waals surface area (Å²) in [5, 5.41) is 29.7. The van der Waals surface area contributed by atoms with E-state index in [-0.39, 0.29) is 18.4 Å². The summed E-state index contributed by atoms with van der Waals surface area (Å²) < 4.78 is 0. The molecule has 3 rings (SSSR count). The minimum absolute atomic E-state index is 0.0270. The van der Waals surface area contributed by atoms with Gasteiger partial charge in [-0.25, -0.2) is 0 Å². The third-order valence-corrected chi connectivity index (χ3v) is 6.23. The van der Waals surface area contributed by atoms with E-state index >= 15 is 0 Å². The summed E-state index contributed by atoms with van der Waals surface area (Å²) >= 11 is 0. The van der Waals surface area contributed by atoms with Crippen LogP contribution in [0.2, 0.25) is 0 Å². The molecule has 0 aromatic rings.